The summed E-state index contributed by atoms with van der Waals surface area (Å²) in [6.07, 6.45) is 2.23. The van der Waals surface area contributed by atoms with Crippen LogP contribution in [-0.4, -0.2) is 30.1 Å². The summed E-state index contributed by atoms with van der Waals surface area (Å²) in [5.74, 6) is 0. The third-order valence-electron chi connectivity index (χ3n) is 1.32. The molecule has 0 unspecified atom stereocenters. The highest BCUT2D eigenvalue weighted by Gasteiger charge is 2.44. The van der Waals surface area contributed by atoms with E-state index in [1.54, 1.807) is 0 Å². The highest BCUT2D eigenvalue weighted by molar-refractivity contribution is 7.71. The van der Waals surface area contributed by atoms with Crippen molar-refractivity contribution in [2.45, 2.75) is 5.52 Å². The molecule has 1 aromatic rings. The Morgan fingerprint density at radius 1 is 1.27 bits per heavy atom. The monoisotopic (exact) mass is 258 g/mol. The maximum atomic E-state index is 10.8. The van der Waals surface area contributed by atoms with E-state index in [0.717, 1.165) is 12.5 Å². The predicted molar refractivity (Wildman–Crippen MR) is 48.0 cm³/mol. The van der Waals surface area contributed by atoms with E-state index in [1.165, 1.54) is 0 Å². The van der Waals surface area contributed by atoms with Crippen LogP contribution in [0.2, 0.25) is 0 Å². The molecule has 0 aliphatic rings. The van der Waals surface area contributed by atoms with Crippen LogP contribution in [0, 0.1) is 0 Å². The summed E-state index contributed by atoms with van der Waals surface area (Å²) in [5.41, 5.74) is -2.36. The van der Waals surface area contributed by atoms with E-state index in [0.29, 0.717) is 0 Å². The number of aromatic nitrogens is 1. The van der Waals surface area contributed by atoms with Gasteiger partial charge in [0.05, 0.1) is 6.20 Å². The Bertz CT molecular complexity index is 383. The first kappa shape index (κ1) is 12.4. The zero-order valence-corrected chi connectivity index (χ0v) is 8.88. The van der Waals surface area contributed by atoms with Crippen LogP contribution in [0.3, 0.4) is 0 Å². The molecule has 0 saturated carbocycles. The Balaban J connectivity index is 2.95. The molecular formula is C4H8N2O7P2. The fraction of sp³-hybridized carbons (Fsp3) is 0.250. The summed E-state index contributed by atoms with van der Waals surface area (Å²) in [7, 11) is -10.0. The third kappa shape index (κ3) is 3.42. The summed E-state index contributed by atoms with van der Waals surface area (Å²) >= 11 is 0. The molecule has 5 N–H and O–H groups in total. The Kier molecular flexibility index (Phi) is 3.34. The molecular weight excluding hydrogens is 250 g/mol. The van der Waals surface area contributed by atoms with Crippen molar-refractivity contribution in [3.63, 3.8) is 0 Å². The molecule has 1 heterocycles. The first-order chi connectivity index (χ1) is 6.71. The normalized spacial score (nSPS) is 13.1. The second-order valence-corrected chi connectivity index (χ2v) is 6.33. The Morgan fingerprint density at radius 3 is 2.13 bits per heavy atom. The van der Waals surface area contributed by atoms with Crippen molar-refractivity contribution in [3.05, 3.63) is 12.5 Å². The van der Waals surface area contributed by atoms with Gasteiger partial charge in [-0.2, -0.15) is 0 Å². The topological polar surface area (TPSA) is 153 Å². The number of nitrogens with zero attached hydrogens (tertiary/aromatic N) is 1. The SMILES string of the molecule is O=P(O)(O)C(Nc1ncco1)P(=O)(O)O. The fourth-order valence-corrected chi connectivity index (χ4v) is 2.89. The largest absolute Gasteiger partial charge is 0.432 e. The molecule has 0 aliphatic heterocycles. The Hall–Kier alpha value is -0.690. The van der Waals surface area contributed by atoms with Gasteiger partial charge in [0.25, 0.3) is 6.01 Å². The van der Waals surface area contributed by atoms with E-state index in [1.807, 2.05) is 5.32 Å². The highest BCUT2D eigenvalue weighted by Crippen LogP contribution is 2.59. The molecule has 0 radical (unpaired) electrons. The van der Waals surface area contributed by atoms with E-state index < -0.39 is 20.7 Å². The van der Waals surface area contributed by atoms with Gasteiger partial charge in [0.15, 0.2) is 0 Å². The van der Waals surface area contributed by atoms with Crippen LogP contribution in [0.25, 0.3) is 0 Å². The van der Waals surface area contributed by atoms with Crippen molar-refractivity contribution in [1.29, 1.82) is 0 Å². The minimum atomic E-state index is -5.01. The van der Waals surface area contributed by atoms with Crippen LogP contribution < -0.4 is 5.32 Å². The molecule has 0 aliphatic carbocycles. The zero-order chi connectivity index (χ0) is 11.7. The van der Waals surface area contributed by atoms with Crippen molar-refractivity contribution < 1.29 is 33.1 Å². The minimum absolute atomic E-state index is 0.383. The van der Waals surface area contributed by atoms with Crippen molar-refractivity contribution in [1.82, 2.24) is 4.98 Å². The number of nitrogens with one attached hydrogen (secondary N) is 1. The van der Waals surface area contributed by atoms with Gasteiger partial charge in [-0.1, -0.05) is 0 Å². The molecule has 1 rings (SSSR count). The van der Waals surface area contributed by atoms with E-state index in [-0.39, 0.29) is 6.01 Å². The number of anilines is 1. The first-order valence-electron chi connectivity index (χ1n) is 3.48. The Labute approximate surface area is 83.5 Å². The van der Waals surface area contributed by atoms with Gasteiger partial charge < -0.3 is 29.3 Å². The maximum Gasteiger partial charge on any atom is 0.360 e. The van der Waals surface area contributed by atoms with Gasteiger partial charge >= 0.3 is 15.2 Å². The van der Waals surface area contributed by atoms with E-state index in [2.05, 4.69) is 9.40 Å². The second kappa shape index (κ2) is 4.05. The van der Waals surface area contributed by atoms with Crippen LogP contribution >= 0.6 is 15.2 Å². The summed E-state index contributed by atoms with van der Waals surface area (Å²) in [6, 6.07) is -0.383. The number of rotatable bonds is 4. The molecule has 0 saturated heterocycles. The van der Waals surface area contributed by atoms with Crippen molar-refractivity contribution in [3.8, 4) is 0 Å². The number of hydrogen-bond acceptors (Lipinski definition) is 5. The summed E-state index contributed by atoms with van der Waals surface area (Å²) in [5, 5.41) is 1.83. The summed E-state index contributed by atoms with van der Waals surface area (Å²) in [6.45, 7) is 0. The fourth-order valence-electron chi connectivity index (χ4n) is 0.769. The predicted octanol–water partition coefficient (Wildman–Crippen LogP) is -0.275. The molecule has 15 heavy (non-hydrogen) atoms. The van der Waals surface area contributed by atoms with Crippen molar-refractivity contribution >= 4 is 21.2 Å². The van der Waals surface area contributed by atoms with Gasteiger partial charge in [-0.15, -0.1) is 0 Å². The highest BCUT2D eigenvalue weighted by atomic mass is 31.2. The maximum absolute atomic E-state index is 10.8. The first-order valence-corrected chi connectivity index (χ1v) is 6.84. The lowest BCUT2D eigenvalue weighted by Gasteiger charge is -2.19. The van der Waals surface area contributed by atoms with Gasteiger partial charge in [0, 0.05) is 0 Å². The van der Waals surface area contributed by atoms with Crippen molar-refractivity contribution in [2.24, 2.45) is 0 Å². The zero-order valence-electron chi connectivity index (χ0n) is 7.09. The quantitative estimate of drug-likeness (QED) is 0.459. The lowest BCUT2D eigenvalue weighted by molar-refractivity contribution is 0.342. The summed E-state index contributed by atoms with van der Waals surface area (Å²) in [4.78, 5) is 38.2. The van der Waals surface area contributed by atoms with Gasteiger partial charge in [0.2, 0.25) is 5.52 Å². The minimum Gasteiger partial charge on any atom is -0.432 e. The van der Waals surface area contributed by atoms with Crippen LogP contribution in [0.15, 0.2) is 16.9 Å². The van der Waals surface area contributed by atoms with Crippen LogP contribution in [0.5, 0.6) is 0 Å². The van der Waals surface area contributed by atoms with Gasteiger partial charge in [0.1, 0.15) is 6.26 Å². The average Bonchev–Trinajstić information content (AvgIpc) is 2.46. The molecule has 0 atom stereocenters. The molecule has 11 heteroatoms. The van der Waals surface area contributed by atoms with Crippen LogP contribution in [-0.2, 0) is 9.13 Å². The van der Waals surface area contributed by atoms with E-state index >= 15 is 0 Å². The number of hydrogen-bond donors (Lipinski definition) is 5. The third-order valence-corrected chi connectivity index (χ3v) is 4.66. The Morgan fingerprint density at radius 2 is 1.80 bits per heavy atom. The number of oxazole rings is 1. The molecule has 0 bridgehead atoms. The van der Waals surface area contributed by atoms with E-state index in [4.69, 9.17) is 19.6 Å². The molecule has 0 fully saturated rings. The second-order valence-electron chi connectivity index (χ2n) is 2.53. The summed E-state index contributed by atoms with van der Waals surface area (Å²) < 4.78 is 26.1. The van der Waals surface area contributed by atoms with Gasteiger partial charge in [-0.25, -0.2) is 4.98 Å². The standard InChI is InChI=1S/C4H8N2O7P2/c7-14(8,9)4(15(10,11)12)6-3-5-1-2-13-3/h1-2,4H,(H,5,6)(H2,7,8,9)(H2,10,11,12). The lowest BCUT2D eigenvalue weighted by atomic mass is 11.0. The van der Waals surface area contributed by atoms with Crippen molar-refractivity contribution in [2.75, 3.05) is 5.32 Å². The molecule has 0 spiro atoms. The molecule has 0 amide bonds. The molecule has 9 nitrogen and oxygen atoms in total. The van der Waals surface area contributed by atoms with Gasteiger partial charge in [-0.3, -0.25) is 9.13 Å². The van der Waals surface area contributed by atoms with Crippen LogP contribution in [0.1, 0.15) is 0 Å². The average molecular weight is 258 g/mol. The molecule has 0 aromatic carbocycles. The van der Waals surface area contributed by atoms with E-state index in [9.17, 15) is 9.13 Å². The smallest absolute Gasteiger partial charge is 0.360 e. The molecule has 86 valence electrons. The lowest BCUT2D eigenvalue weighted by Crippen LogP contribution is -2.19. The van der Waals surface area contributed by atoms with Gasteiger partial charge in [-0.05, 0) is 0 Å². The molecule has 1 aromatic heterocycles. The van der Waals surface area contributed by atoms with Crippen LogP contribution in [0.4, 0.5) is 6.01 Å².